The molecule has 0 unspecified atom stereocenters. The van der Waals surface area contributed by atoms with E-state index in [4.69, 9.17) is 14.2 Å². The van der Waals surface area contributed by atoms with Crippen LogP contribution in [0.3, 0.4) is 0 Å². The SMILES string of the molecule is CO[C@]12CC[C@@](C)(O)[C@](O)(C(=O)[C@@H]3O[C@H]1[C@@H]1[C@H](CO)[C@@H](O)[C@H]4O[C@H]4[C@]13C)C2(C)C. The van der Waals surface area contributed by atoms with E-state index in [1.807, 2.05) is 6.92 Å². The van der Waals surface area contributed by atoms with Gasteiger partial charge in [-0.1, -0.05) is 20.8 Å². The van der Waals surface area contributed by atoms with Gasteiger partial charge in [0.25, 0.3) is 0 Å². The first-order valence-corrected chi connectivity index (χ1v) is 10.5. The van der Waals surface area contributed by atoms with Gasteiger partial charge in [-0.2, -0.15) is 0 Å². The van der Waals surface area contributed by atoms with E-state index in [2.05, 4.69) is 0 Å². The quantitative estimate of drug-likeness (QED) is 0.443. The average molecular weight is 412 g/mol. The molecule has 164 valence electrons. The second-order valence-electron chi connectivity index (χ2n) is 10.8. The Morgan fingerprint density at radius 1 is 1.10 bits per heavy atom. The van der Waals surface area contributed by atoms with Crippen LogP contribution in [-0.2, 0) is 19.0 Å². The van der Waals surface area contributed by atoms with Crippen molar-refractivity contribution in [2.45, 2.75) is 87.9 Å². The van der Waals surface area contributed by atoms with E-state index in [1.165, 1.54) is 14.0 Å². The monoisotopic (exact) mass is 412 g/mol. The van der Waals surface area contributed by atoms with Gasteiger partial charge >= 0.3 is 0 Å². The van der Waals surface area contributed by atoms with Crippen LogP contribution < -0.4 is 0 Å². The number of hydrogen-bond donors (Lipinski definition) is 4. The summed E-state index contributed by atoms with van der Waals surface area (Å²) >= 11 is 0. The van der Waals surface area contributed by atoms with E-state index in [1.54, 1.807) is 13.8 Å². The molecule has 2 aliphatic carbocycles. The van der Waals surface area contributed by atoms with Crippen LogP contribution >= 0.6 is 0 Å². The summed E-state index contributed by atoms with van der Waals surface area (Å²) in [6.45, 7) is 6.61. The fourth-order valence-corrected chi connectivity index (χ4v) is 7.85. The van der Waals surface area contributed by atoms with E-state index < -0.39 is 75.8 Å². The van der Waals surface area contributed by atoms with E-state index in [0.29, 0.717) is 6.42 Å². The third-order valence-electron chi connectivity index (χ3n) is 9.62. The van der Waals surface area contributed by atoms with Crippen molar-refractivity contribution in [1.82, 2.24) is 0 Å². The number of ether oxygens (including phenoxy) is 3. The number of carbonyl (C=O) groups is 1. The van der Waals surface area contributed by atoms with Gasteiger partial charge < -0.3 is 34.6 Å². The molecule has 4 bridgehead atoms. The molecule has 8 nitrogen and oxygen atoms in total. The van der Waals surface area contributed by atoms with Crippen molar-refractivity contribution in [3.05, 3.63) is 0 Å². The molecule has 0 radical (unpaired) electrons. The van der Waals surface area contributed by atoms with Gasteiger partial charge in [0.05, 0.1) is 23.9 Å². The van der Waals surface area contributed by atoms with Gasteiger partial charge in [0.2, 0.25) is 0 Å². The lowest BCUT2D eigenvalue weighted by Crippen LogP contribution is -2.80. The molecule has 5 aliphatic rings. The fraction of sp³-hybridized carbons (Fsp3) is 0.952. The molecule has 2 saturated carbocycles. The maximum Gasteiger partial charge on any atom is 0.197 e. The second-order valence-corrected chi connectivity index (χ2v) is 10.8. The maximum atomic E-state index is 14.0. The summed E-state index contributed by atoms with van der Waals surface area (Å²) < 4.78 is 18.3. The third kappa shape index (κ3) is 1.82. The number of aliphatic hydroxyl groups is 4. The topological polar surface area (TPSA) is 129 Å². The van der Waals surface area contributed by atoms with Crippen molar-refractivity contribution in [2.75, 3.05) is 13.7 Å². The van der Waals surface area contributed by atoms with Crippen LogP contribution in [0.5, 0.6) is 0 Å². The van der Waals surface area contributed by atoms with Crippen molar-refractivity contribution in [1.29, 1.82) is 0 Å². The van der Waals surface area contributed by atoms with Crippen LogP contribution in [0.2, 0.25) is 0 Å². The van der Waals surface area contributed by atoms with Gasteiger partial charge in [-0.15, -0.1) is 0 Å². The summed E-state index contributed by atoms with van der Waals surface area (Å²) in [5, 5.41) is 44.1. The molecule has 3 saturated heterocycles. The molecule has 8 heteroatoms. The molecular formula is C21H32O8. The summed E-state index contributed by atoms with van der Waals surface area (Å²) in [6, 6.07) is 0. The summed E-state index contributed by atoms with van der Waals surface area (Å²) in [5.41, 5.74) is -6.85. The Kier molecular flexibility index (Phi) is 3.79. The van der Waals surface area contributed by atoms with Gasteiger partial charge in [-0.3, -0.25) is 4.79 Å². The Morgan fingerprint density at radius 2 is 1.76 bits per heavy atom. The minimum absolute atomic E-state index is 0.164. The first-order chi connectivity index (χ1) is 13.4. The number of fused-ring (bicyclic) bond motifs is 10. The zero-order valence-electron chi connectivity index (χ0n) is 17.6. The lowest BCUT2D eigenvalue weighted by Gasteiger charge is -2.64. The Bertz CT molecular complexity index is 766. The van der Waals surface area contributed by atoms with Crippen molar-refractivity contribution in [3.63, 3.8) is 0 Å². The number of epoxide rings is 1. The zero-order chi connectivity index (χ0) is 21.4. The molecule has 29 heavy (non-hydrogen) atoms. The van der Waals surface area contributed by atoms with Gasteiger partial charge in [0.1, 0.15) is 17.8 Å². The van der Waals surface area contributed by atoms with Crippen molar-refractivity contribution < 1.29 is 39.4 Å². The summed E-state index contributed by atoms with van der Waals surface area (Å²) in [7, 11) is 1.54. The number of hydrogen-bond acceptors (Lipinski definition) is 8. The molecule has 0 amide bonds. The minimum Gasteiger partial charge on any atom is -0.396 e. The highest BCUT2D eigenvalue weighted by Gasteiger charge is 2.85. The summed E-state index contributed by atoms with van der Waals surface area (Å²) in [4.78, 5) is 14.0. The summed E-state index contributed by atoms with van der Waals surface area (Å²) in [5.74, 6) is -1.50. The fourth-order valence-electron chi connectivity index (χ4n) is 7.85. The molecular weight excluding hydrogens is 380 g/mol. The molecule has 3 aliphatic heterocycles. The molecule has 0 aromatic rings. The standard InChI is InChI=1S/C21H32O8/c1-17(2)20(27-5)7-6-18(3,25)21(17,26)13(24)16-19(4)10(14(20)29-16)9(8-22)11(23)12-15(19)28-12/h9-12,14-16,22-23,25-26H,6-8H2,1-5H3/t9-,10-,11+,12+,14-,15+,16-,18+,19-,20+,21-/m0/s1. The number of ketones is 1. The van der Waals surface area contributed by atoms with Crippen LogP contribution in [-0.4, -0.2) is 87.2 Å². The van der Waals surface area contributed by atoms with Gasteiger partial charge in [-0.25, -0.2) is 0 Å². The zero-order valence-corrected chi connectivity index (χ0v) is 17.6. The van der Waals surface area contributed by atoms with E-state index in [0.717, 1.165) is 0 Å². The first kappa shape index (κ1) is 20.3. The molecule has 0 aromatic carbocycles. The largest absolute Gasteiger partial charge is 0.396 e. The Balaban J connectivity index is 1.78. The van der Waals surface area contributed by atoms with Gasteiger partial charge in [0, 0.05) is 36.4 Å². The molecule has 4 N–H and O–H groups in total. The van der Waals surface area contributed by atoms with Crippen LogP contribution in [0.15, 0.2) is 0 Å². The average Bonchev–Trinajstić information content (AvgIpc) is 3.41. The molecule has 0 spiro atoms. The predicted octanol–water partition coefficient (Wildman–Crippen LogP) is -0.603. The number of methoxy groups -OCH3 is 1. The smallest absolute Gasteiger partial charge is 0.197 e. The normalized spacial score (nSPS) is 62.2. The van der Waals surface area contributed by atoms with Crippen molar-refractivity contribution >= 4 is 5.78 Å². The molecule has 0 aromatic heterocycles. The number of Topliss-reactive ketones (excluding diaryl/α,β-unsaturated/α-hetero) is 1. The van der Waals surface area contributed by atoms with Crippen LogP contribution in [0, 0.1) is 22.7 Å². The number of rotatable bonds is 2. The third-order valence-corrected chi connectivity index (χ3v) is 9.62. The van der Waals surface area contributed by atoms with Crippen LogP contribution in [0.4, 0.5) is 0 Å². The second kappa shape index (κ2) is 5.41. The molecule has 5 rings (SSSR count). The lowest BCUT2D eigenvalue weighted by molar-refractivity contribution is -0.297. The Labute approximate surface area is 170 Å². The Hall–Kier alpha value is -0.610. The number of aliphatic hydroxyl groups excluding tert-OH is 2. The molecule has 5 fully saturated rings. The highest BCUT2D eigenvalue weighted by molar-refractivity contribution is 5.95. The maximum absolute atomic E-state index is 14.0. The Morgan fingerprint density at radius 3 is 2.34 bits per heavy atom. The number of carbonyl (C=O) groups excluding carboxylic acids is 1. The van der Waals surface area contributed by atoms with Crippen LogP contribution in [0.1, 0.15) is 40.5 Å². The molecule has 11 atom stereocenters. The highest BCUT2D eigenvalue weighted by Crippen LogP contribution is 2.70. The highest BCUT2D eigenvalue weighted by atomic mass is 16.6. The predicted molar refractivity (Wildman–Crippen MR) is 98.8 cm³/mol. The minimum atomic E-state index is -2.09. The van der Waals surface area contributed by atoms with Crippen molar-refractivity contribution in [2.24, 2.45) is 22.7 Å². The van der Waals surface area contributed by atoms with Gasteiger partial charge in [-0.05, 0) is 19.8 Å². The summed E-state index contributed by atoms with van der Waals surface area (Å²) in [6.07, 6.45) is -2.88. The van der Waals surface area contributed by atoms with E-state index in [9.17, 15) is 25.2 Å². The lowest BCUT2D eigenvalue weighted by atomic mass is 9.43. The first-order valence-electron chi connectivity index (χ1n) is 10.5. The van der Waals surface area contributed by atoms with E-state index >= 15 is 0 Å². The van der Waals surface area contributed by atoms with E-state index in [-0.39, 0.29) is 13.0 Å². The van der Waals surface area contributed by atoms with Crippen molar-refractivity contribution in [3.8, 4) is 0 Å². The van der Waals surface area contributed by atoms with Gasteiger partial charge in [0.15, 0.2) is 11.4 Å². The van der Waals surface area contributed by atoms with Crippen LogP contribution in [0.25, 0.3) is 0 Å². The molecule has 3 heterocycles.